The van der Waals surface area contributed by atoms with Crippen molar-refractivity contribution >= 4 is 17.0 Å². The standard InChI is InChI=1S/C11H13NOS/c1-9-7-13-11(12-9)14-8-10-5-3-2-4-6-10/h2-6,9H,7-8H2,1H3/t9-/m1/s1. The third-order valence-corrected chi connectivity index (χ3v) is 2.93. The monoisotopic (exact) mass is 207 g/mol. The lowest BCUT2D eigenvalue weighted by molar-refractivity contribution is 0.331. The van der Waals surface area contributed by atoms with Gasteiger partial charge < -0.3 is 4.74 Å². The van der Waals surface area contributed by atoms with Gasteiger partial charge in [0.15, 0.2) is 0 Å². The van der Waals surface area contributed by atoms with Gasteiger partial charge in [0.25, 0.3) is 0 Å². The van der Waals surface area contributed by atoms with E-state index in [0.717, 1.165) is 17.6 Å². The highest BCUT2D eigenvalue weighted by Gasteiger charge is 2.14. The SMILES string of the molecule is C[C@@H]1COC(SCc2ccccc2)=N1. The Kier molecular flexibility index (Phi) is 3.09. The lowest BCUT2D eigenvalue weighted by Gasteiger charge is -2.00. The Morgan fingerprint density at radius 1 is 1.43 bits per heavy atom. The van der Waals surface area contributed by atoms with Crippen molar-refractivity contribution in [2.24, 2.45) is 4.99 Å². The summed E-state index contributed by atoms with van der Waals surface area (Å²) in [6.07, 6.45) is 0. The maximum atomic E-state index is 5.40. The van der Waals surface area contributed by atoms with E-state index in [9.17, 15) is 0 Å². The van der Waals surface area contributed by atoms with E-state index in [4.69, 9.17) is 4.74 Å². The topological polar surface area (TPSA) is 21.6 Å². The van der Waals surface area contributed by atoms with Gasteiger partial charge in [-0.05, 0) is 12.5 Å². The molecule has 1 aromatic rings. The fourth-order valence-corrected chi connectivity index (χ4v) is 2.13. The molecular formula is C11H13NOS. The molecule has 2 rings (SSSR count). The van der Waals surface area contributed by atoms with Crippen LogP contribution in [0.4, 0.5) is 0 Å². The number of ether oxygens (including phenoxy) is 1. The number of nitrogens with zero attached hydrogens (tertiary/aromatic N) is 1. The number of thioether (sulfide) groups is 1. The smallest absolute Gasteiger partial charge is 0.246 e. The van der Waals surface area contributed by atoms with E-state index in [1.807, 2.05) is 6.07 Å². The van der Waals surface area contributed by atoms with E-state index in [1.54, 1.807) is 11.8 Å². The van der Waals surface area contributed by atoms with E-state index in [-0.39, 0.29) is 0 Å². The van der Waals surface area contributed by atoms with Crippen molar-refractivity contribution in [2.45, 2.75) is 18.7 Å². The van der Waals surface area contributed by atoms with E-state index < -0.39 is 0 Å². The highest BCUT2D eigenvalue weighted by molar-refractivity contribution is 8.12. The van der Waals surface area contributed by atoms with Gasteiger partial charge >= 0.3 is 0 Å². The molecule has 1 aliphatic rings. The van der Waals surface area contributed by atoms with Gasteiger partial charge in [-0.2, -0.15) is 0 Å². The van der Waals surface area contributed by atoms with Gasteiger partial charge in [0.05, 0.1) is 6.04 Å². The van der Waals surface area contributed by atoms with E-state index in [0.29, 0.717) is 6.04 Å². The van der Waals surface area contributed by atoms with Crippen LogP contribution in [0.3, 0.4) is 0 Å². The third-order valence-electron chi connectivity index (χ3n) is 1.98. The van der Waals surface area contributed by atoms with Crippen molar-refractivity contribution < 1.29 is 4.74 Å². The first kappa shape index (κ1) is 9.59. The van der Waals surface area contributed by atoms with Crippen molar-refractivity contribution in [1.82, 2.24) is 0 Å². The molecule has 0 aromatic heterocycles. The molecule has 1 heterocycles. The minimum atomic E-state index is 0.327. The molecule has 0 amide bonds. The first-order valence-corrected chi connectivity index (χ1v) is 5.70. The fraction of sp³-hybridized carbons (Fsp3) is 0.364. The van der Waals surface area contributed by atoms with E-state index in [1.165, 1.54) is 5.56 Å². The Balaban J connectivity index is 1.86. The van der Waals surface area contributed by atoms with Crippen LogP contribution in [0.1, 0.15) is 12.5 Å². The Bertz CT molecular complexity index is 323. The first-order chi connectivity index (χ1) is 6.84. The minimum absolute atomic E-state index is 0.327. The Morgan fingerprint density at radius 2 is 2.21 bits per heavy atom. The van der Waals surface area contributed by atoms with Gasteiger partial charge in [-0.15, -0.1) is 0 Å². The van der Waals surface area contributed by atoms with Crippen LogP contribution in [-0.4, -0.2) is 17.9 Å². The summed E-state index contributed by atoms with van der Waals surface area (Å²) in [5, 5.41) is 0.835. The number of benzene rings is 1. The van der Waals surface area contributed by atoms with Crippen molar-refractivity contribution in [2.75, 3.05) is 6.61 Å². The molecule has 2 nitrogen and oxygen atoms in total. The molecule has 0 fully saturated rings. The molecule has 0 spiro atoms. The summed E-state index contributed by atoms with van der Waals surface area (Å²) in [5.74, 6) is 0.937. The number of rotatable bonds is 2. The molecule has 3 heteroatoms. The van der Waals surface area contributed by atoms with Crippen LogP contribution in [0, 0.1) is 0 Å². The van der Waals surface area contributed by atoms with Gasteiger partial charge in [-0.25, -0.2) is 4.99 Å². The van der Waals surface area contributed by atoms with Gasteiger partial charge in [0, 0.05) is 5.75 Å². The zero-order chi connectivity index (χ0) is 9.80. The summed E-state index contributed by atoms with van der Waals surface area (Å²) in [6, 6.07) is 10.7. The van der Waals surface area contributed by atoms with E-state index in [2.05, 4.69) is 36.2 Å². The molecule has 0 radical (unpaired) electrons. The molecule has 1 aliphatic heterocycles. The summed E-state index contributed by atoms with van der Waals surface area (Å²) >= 11 is 1.67. The molecule has 1 aromatic carbocycles. The number of hydrogen-bond acceptors (Lipinski definition) is 3. The van der Waals surface area contributed by atoms with Crippen LogP contribution < -0.4 is 0 Å². The normalized spacial score (nSPS) is 20.4. The van der Waals surface area contributed by atoms with Gasteiger partial charge in [-0.3, -0.25) is 0 Å². The van der Waals surface area contributed by atoms with E-state index >= 15 is 0 Å². The second-order valence-electron chi connectivity index (χ2n) is 3.33. The van der Waals surface area contributed by atoms with Crippen molar-refractivity contribution in [3.05, 3.63) is 35.9 Å². The molecule has 0 unspecified atom stereocenters. The maximum absolute atomic E-state index is 5.40. The molecule has 0 bridgehead atoms. The molecule has 0 saturated carbocycles. The third kappa shape index (κ3) is 2.51. The largest absolute Gasteiger partial charge is 0.471 e. The minimum Gasteiger partial charge on any atom is -0.471 e. The molecule has 74 valence electrons. The number of aliphatic imine (C=N–C) groups is 1. The predicted molar refractivity (Wildman–Crippen MR) is 60.6 cm³/mol. The quantitative estimate of drug-likeness (QED) is 0.743. The fourth-order valence-electron chi connectivity index (χ4n) is 1.24. The average molecular weight is 207 g/mol. The molecule has 0 saturated heterocycles. The molecule has 14 heavy (non-hydrogen) atoms. The van der Waals surface area contributed by atoms with Crippen LogP contribution in [0.15, 0.2) is 35.3 Å². The number of hydrogen-bond donors (Lipinski definition) is 0. The molecule has 0 aliphatic carbocycles. The van der Waals surface area contributed by atoms with Crippen LogP contribution >= 0.6 is 11.8 Å². The van der Waals surface area contributed by atoms with Crippen molar-refractivity contribution in [1.29, 1.82) is 0 Å². The Hall–Kier alpha value is -0.960. The second-order valence-corrected chi connectivity index (χ2v) is 4.26. The van der Waals surface area contributed by atoms with Gasteiger partial charge in [-0.1, -0.05) is 42.1 Å². The van der Waals surface area contributed by atoms with Gasteiger partial charge in [0.1, 0.15) is 6.61 Å². The van der Waals surface area contributed by atoms with Crippen LogP contribution in [0.25, 0.3) is 0 Å². The summed E-state index contributed by atoms with van der Waals surface area (Å²) in [4.78, 5) is 4.36. The van der Waals surface area contributed by atoms with Crippen molar-refractivity contribution in [3.63, 3.8) is 0 Å². The zero-order valence-electron chi connectivity index (χ0n) is 8.14. The first-order valence-electron chi connectivity index (χ1n) is 4.72. The molecular weight excluding hydrogens is 194 g/mol. The Morgan fingerprint density at radius 3 is 2.86 bits per heavy atom. The Labute approximate surface area is 88.4 Å². The molecule has 0 N–H and O–H groups in total. The molecule has 1 atom stereocenters. The van der Waals surface area contributed by atoms with Crippen LogP contribution in [0.5, 0.6) is 0 Å². The zero-order valence-corrected chi connectivity index (χ0v) is 8.96. The van der Waals surface area contributed by atoms with Gasteiger partial charge in [0.2, 0.25) is 5.23 Å². The summed E-state index contributed by atoms with van der Waals surface area (Å²) < 4.78 is 5.40. The van der Waals surface area contributed by atoms with Crippen LogP contribution in [0.2, 0.25) is 0 Å². The van der Waals surface area contributed by atoms with Crippen molar-refractivity contribution in [3.8, 4) is 0 Å². The maximum Gasteiger partial charge on any atom is 0.246 e. The average Bonchev–Trinajstić information content (AvgIpc) is 2.63. The second kappa shape index (κ2) is 4.51. The summed E-state index contributed by atoms with van der Waals surface area (Å²) in [5.41, 5.74) is 1.31. The highest BCUT2D eigenvalue weighted by atomic mass is 32.2. The summed E-state index contributed by atoms with van der Waals surface area (Å²) in [6.45, 7) is 2.80. The lowest BCUT2D eigenvalue weighted by atomic mass is 10.2. The predicted octanol–water partition coefficient (Wildman–Crippen LogP) is 2.69. The lowest BCUT2D eigenvalue weighted by Crippen LogP contribution is -1.98. The summed E-state index contributed by atoms with van der Waals surface area (Å²) in [7, 11) is 0. The highest BCUT2D eigenvalue weighted by Crippen LogP contribution is 2.18. The van der Waals surface area contributed by atoms with Crippen LogP contribution in [-0.2, 0) is 10.5 Å².